The monoisotopic (exact) mass is 470 g/mol. The van der Waals surface area contributed by atoms with Crippen molar-refractivity contribution in [2.45, 2.75) is 0 Å². The second-order valence-corrected chi connectivity index (χ2v) is 5.90. The lowest BCUT2D eigenvalue weighted by Crippen LogP contribution is -2.07. The van der Waals surface area contributed by atoms with Gasteiger partial charge in [-0.1, -0.05) is 0 Å². The SMILES string of the molecule is O=C(c1cc(F)ccc1I)c1cc(F)ccc1I. The van der Waals surface area contributed by atoms with Gasteiger partial charge in [0.2, 0.25) is 0 Å². The lowest BCUT2D eigenvalue weighted by atomic mass is 10.0. The smallest absolute Gasteiger partial charge is 0.195 e. The second kappa shape index (κ2) is 5.60. The maximum atomic E-state index is 13.2. The highest BCUT2D eigenvalue weighted by Gasteiger charge is 2.16. The van der Waals surface area contributed by atoms with Gasteiger partial charge in [-0.15, -0.1) is 0 Å². The molecule has 0 aliphatic rings. The van der Waals surface area contributed by atoms with Gasteiger partial charge in [0.05, 0.1) is 0 Å². The summed E-state index contributed by atoms with van der Waals surface area (Å²) in [7, 11) is 0. The van der Waals surface area contributed by atoms with Gasteiger partial charge >= 0.3 is 0 Å². The van der Waals surface area contributed by atoms with Crippen molar-refractivity contribution in [3.05, 3.63) is 66.3 Å². The minimum Gasteiger partial charge on any atom is -0.289 e. The van der Waals surface area contributed by atoms with E-state index in [9.17, 15) is 13.6 Å². The van der Waals surface area contributed by atoms with Crippen LogP contribution >= 0.6 is 45.2 Å². The summed E-state index contributed by atoms with van der Waals surface area (Å²) >= 11 is 3.91. The zero-order valence-electron chi connectivity index (χ0n) is 8.88. The van der Waals surface area contributed by atoms with Crippen LogP contribution in [0.4, 0.5) is 8.78 Å². The summed E-state index contributed by atoms with van der Waals surface area (Å²) in [6.07, 6.45) is 0. The van der Waals surface area contributed by atoms with Crippen LogP contribution in [0.3, 0.4) is 0 Å². The predicted molar refractivity (Wildman–Crippen MR) is 81.7 cm³/mol. The molecule has 0 amide bonds. The molecule has 0 atom stereocenters. The Morgan fingerprint density at radius 3 is 1.61 bits per heavy atom. The van der Waals surface area contributed by atoms with Crippen molar-refractivity contribution in [2.75, 3.05) is 0 Å². The van der Waals surface area contributed by atoms with Crippen LogP contribution in [-0.2, 0) is 0 Å². The Kier molecular flexibility index (Phi) is 4.31. The van der Waals surface area contributed by atoms with Crippen LogP contribution < -0.4 is 0 Å². The van der Waals surface area contributed by atoms with E-state index in [1.165, 1.54) is 36.4 Å². The van der Waals surface area contributed by atoms with E-state index >= 15 is 0 Å². The van der Waals surface area contributed by atoms with Gasteiger partial charge in [-0.05, 0) is 81.6 Å². The van der Waals surface area contributed by atoms with E-state index in [2.05, 4.69) is 0 Å². The van der Waals surface area contributed by atoms with Crippen molar-refractivity contribution in [3.63, 3.8) is 0 Å². The number of benzene rings is 2. The zero-order chi connectivity index (χ0) is 13.3. The number of hydrogen-bond donors (Lipinski definition) is 0. The normalized spacial score (nSPS) is 10.4. The molecule has 0 aliphatic heterocycles. The molecule has 0 aromatic heterocycles. The highest BCUT2D eigenvalue weighted by atomic mass is 127. The van der Waals surface area contributed by atoms with Gasteiger partial charge in [0, 0.05) is 18.3 Å². The van der Waals surface area contributed by atoms with Gasteiger partial charge in [0.15, 0.2) is 5.78 Å². The van der Waals surface area contributed by atoms with E-state index in [4.69, 9.17) is 0 Å². The first-order valence-electron chi connectivity index (χ1n) is 4.94. The molecule has 0 saturated carbocycles. The summed E-state index contributed by atoms with van der Waals surface area (Å²) in [6, 6.07) is 7.96. The van der Waals surface area contributed by atoms with Crippen molar-refractivity contribution in [2.24, 2.45) is 0 Å². The number of carbonyl (C=O) groups is 1. The average molecular weight is 470 g/mol. The molecule has 0 bridgehead atoms. The third-order valence-electron chi connectivity index (χ3n) is 2.35. The summed E-state index contributed by atoms with van der Waals surface area (Å²) in [6.45, 7) is 0. The maximum Gasteiger partial charge on any atom is 0.195 e. The summed E-state index contributed by atoms with van der Waals surface area (Å²) in [4.78, 5) is 12.2. The summed E-state index contributed by atoms with van der Waals surface area (Å²) in [5.41, 5.74) is 0.498. The molecule has 0 unspecified atom stereocenters. The molecule has 0 fully saturated rings. The molecule has 1 nitrogen and oxygen atoms in total. The average Bonchev–Trinajstić information content (AvgIpc) is 2.34. The van der Waals surface area contributed by atoms with Crippen molar-refractivity contribution in [3.8, 4) is 0 Å². The predicted octanol–water partition coefficient (Wildman–Crippen LogP) is 4.41. The lowest BCUT2D eigenvalue weighted by Gasteiger charge is -2.06. The topological polar surface area (TPSA) is 17.1 Å². The van der Waals surface area contributed by atoms with Crippen LogP contribution in [0.1, 0.15) is 15.9 Å². The largest absolute Gasteiger partial charge is 0.289 e. The summed E-state index contributed by atoms with van der Waals surface area (Å²) < 4.78 is 27.6. The number of rotatable bonds is 2. The summed E-state index contributed by atoms with van der Waals surface area (Å²) in [5, 5.41) is 0. The lowest BCUT2D eigenvalue weighted by molar-refractivity contribution is 0.103. The van der Waals surface area contributed by atoms with Crippen LogP contribution in [0.15, 0.2) is 36.4 Å². The Balaban J connectivity index is 2.54. The standard InChI is InChI=1S/C13H6F2I2O/c14-7-1-3-11(16)9(5-7)13(18)10-6-8(15)2-4-12(10)17/h1-6H. The van der Waals surface area contributed by atoms with Gasteiger partial charge in [-0.3, -0.25) is 4.79 Å². The molecule has 18 heavy (non-hydrogen) atoms. The van der Waals surface area contributed by atoms with Crippen molar-refractivity contribution >= 4 is 51.0 Å². The van der Waals surface area contributed by atoms with Crippen LogP contribution in [-0.4, -0.2) is 5.78 Å². The molecular weight excluding hydrogens is 464 g/mol. The van der Waals surface area contributed by atoms with Crippen LogP contribution in [0.5, 0.6) is 0 Å². The molecule has 0 N–H and O–H groups in total. The van der Waals surface area contributed by atoms with Gasteiger partial charge in [-0.2, -0.15) is 0 Å². The fourth-order valence-electron chi connectivity index (χ4n) is 1.49. The molecule has 0 aliphatic carbocycles. The first-order valence-corrected chi connectivity index (χ1v) is 7.09. The Labute approximate surface area is 130 Å². The molecule has 2 aromatic carbocycles. The van der Waals surface area contributed by atoms with E-state index in [0.717, 1.165) is 0 Å². The molecule has 2 aromatic rings. The fourth-order valence-corrected chi connectivity index (χ4v) is 2.65. The van der Waals surface area contributed by atoms with Crippen molar-refractivity contribution in [1.82, 2.24) is 0 Å². The van der Waals surface area contributed by atoms with Crippen LogP contribution in [0, 0.1) is 18.8 Å². The third kappa shape index (κ3) is 2.87. The first kappa shape index (κ1) is 13.9. The summed E-state index contributed by atoms with van der Waals surface area (Å²) in [5.74, 6) is -1.34. The maximum absolute atomic E-state index is 13.2. The molecule has 2 rings (SSSR count). The minimum absolute atomic E-state index is 0.249. The van der Waals surface area contributed by atoms with E-state index in [0.29, 0.717) is 7.14 Å². The van der Waals surface area contributed by atoms with Gasteiger partial charge in [-0.25, -0.2) is 8.78 Å². The quantitative estimate of drug-likeness (QED) is 0.470. The number of hydrogen-bond acceptors (Lipinski definition) is 1. The van der Waals surface area contributed by atoms with Crippen molar-refractivity contribution < 1.29 is 13.6 Å². The zero-order valence-corrected chi connectivity index (χ0v) is 13.2. The van der Waals surface area contributed by atoms with Crippen molar-refractivity contribution in [1.29, 1.82) is 0 Å². The van der Waals surface area contributed by atoms with Crippen LogP contribution in [0.2, 0.25) is 0 Å². The van der Waals surface area contributed by atoms with Gasteiger partial charge < -0.3 is 0 Å². The Bertz CT molecular complexity index is 573. The Hall–Kier alpha value is -0.570. The van der Waals surface area contributed by atoms with Gasteiger partial charge in [0.25, 0.3) is 0 Å². The third-order valence-corrected chi connectivity index (χ3v) is 4.23. The Morgan fingerprint density at radius 1 is 0.833 bits per heavy atom. The molecule has 0 radical (unpaired) electrons. The number of carbonyl (C=O) groups excluding carboxylic acids is 1. The first-order chi connectivity index (χ1) is 8.49. The molecular formula is C13H6F2I2O. The molecule has 0 spiro atoms. The van der Waals surface area contributed by atoms with E-state index < -0.39 is 11.6 Å². The molecule has 5 heteroatoms. The number of halogens is 4. The van der Waals surface area contributed by atoms with E-state index in [1.807, 2.05) is 45.2 Å². The van der Waals surface area contributed by atoms with E-state index in [1.54, 1.807) is 0 Å². The van der Waals surface area contributed by atoms with Crippen LogP contribution in [0.25, 0.3) is 0 Å². The molecule has 0 heterocycles. The van der Waals surface area contributed by atoms with E-state index in [-0.39, 0.29) is 16.9 Å². The minimum atomic E-state index is -0.481. The number of ketones is 1. The highest BCUT2D eigenvalue weighted by Crippen LogP contribution is 2.22. The Morgan fingerprint density at radius 2 is 1.22 bits per heavy atom. The molecule has 0 saturated heterocycles. The molecule has 92 valence electrons. The highest BCUT2D eigenvalue weighted by molar-refractivity contribution is 14.1. The van der Waals surface area contributed by atoms with Gasteiger partial charge in [0.1, 0.15) is 11.6 Å². The fraction of sp³-hybridized carbons (Fsp3) is 0. The second-order valence-electron chi connectivity index (χ2n) is 3.58.